The van der Waals surface area contributed by atoms with E-state index in [0.29, 0.717) is 18.7 Å². The number of rotatable bonds is 3. The van der Waals surface area contributed by atoms with Gasteiger partial charge in [-0.1, -0.05) is 30.3 Å². The van der Waals surface area contributed by atoms with Crippen LogP contribution in [0.5, 0.6) is 5.75 Å². The van der Waals surface area contributed by atoms with Crippen LogP contribution in [0.25, 0.3) is 16.8 Å². The topological polar surface area (TPSA) is 50.4 Å². The highest BCUT2D eigenvalue weighted by Gasteiger charge is 2.17. The number of hydrogen-bond donors (Lipinski definition) is 2. The molecule has 4 heteroatoms. The third kappa shape index (κ3) is 2.26. The molecular weight excluding hydrogens is 252 g/mol. The molecule has 1 saturated heterocycles. The lowest BCUT2D eigenvalue weighted by molar-refractivity contribution is -0.116. The van der Waals surface area contributed by atoms with E-state index in [1.54, 1.807) is 0 Å². The fraction of sp³-hybridized carbons (Fsp3) is 0.188. The summed E-state index contributed by atoms with van der Waals surface area (Å²) < 4.78 is 5.69. The van der Waals surface area contributed by atoms with E-state index >= 15 is 0 Å². The van der Waals surface area contributed by atoms with E-state index in [-0.39, 0.29) is 5.91 Å². The standard InChI is InChI=1S/C16H16N2O2/c1-2-20-15-8-7-11-5-3-4-6-13(11)14(15)9-12-10-17-18-16(12)19/h3-9,17H,2,10H2,1H3,(H,18,19)/b12-9+. The van der Waals surface area contributed by atoms with Crippen LogP contribution in [0.3, 0.4) is 0 Å². The largest absolute Gasteiger partial charge is 0.493 e. The van der Waals surface area contributed by atoms with Crippen LogP contribution in [0.2, 0.25) is 0 Å². The van der Waals surface area contributed by atoms with Gasteiger partial charge in [-0.3, -0.25) is 10.2 Å². The van der Waals surface area contributed by atoms with Crippen LogP contribution in [0.1, 0.15) is 12.5 Å². The number of fused-ring (bicyclic) bond motifs is 1. The van der Waals surface area contributed by atoms with Gasteiger partial charge in [0.2, 0.25) is 0 Å². The molecule has 4 nitrogen and oxygen atoms in total. The summed E-state index contributed by atoms with van der Waals surface area (Å²) in [5, 5.41) is 2.22. The lowest BCUT2D eigenvalue weighted by Crippen LogP contribution is -2.25. The molecule has 0 aliphatic carbocycles. The predicted molar refractivity (Wildman–Crippen MR) is 79.2 cm³/mol. The minimum atomic E-state index is -0.0830. The van der Waals surface area contributed by atoms with E-state index in [1.165, 1.54) is 0 Å². The average Bonchev–Trinajstić information content (AvgIpc) is 2.87. The molecule has 1 aliphatic rings. The highest BCUT2D eigenvalue weighted by atomic mass is 16.5. The van der Waals surface area contributed by atoms with Gasteiger partial charge < -0.3 is 4.74 Å². The minimum Gasteiger partial charge on any atom is -0.493 e. The highest BCUT2D eigenvalue weighted by Crippen LogP contribution is 2.30. The highest BCUT2D eigenvalue weighted by molar-refractivity contribution is 6.03. The summed E-state index contributed by atoms with van der Waals surface area (Å²) in [5.41, 5.74) is 7.09. The molecule has 1 fully saturated rings. The van der Waals surface area contributed by atoms with Crippen molar-refractivity contribution < 1.29 is 9.53 Å². The second kappa shape index (κ2) is 5.35. The molecule has 20 heavy (non-hydrogen) atoms. The Bertz CT molecular complexity index is 692. The second-order valence-corrected chi connectivity index (χ2v) is 4.61. The van der Waals surface area contributed by atoms with Gasteiger partial charge in [-0.05, 0) is 29.8 Å². The monoisotopic (exact) mass is 268 g/mol. The molecule has 0 spiro atoms. The molecule has 2 N–H and O–H groups in total. The van der Waals surface area contributed by atoms with Crippen molar-refractivity contribution in [2.45, 2.75) is 6.92 Å². The number of carbonyl (C=O) groups is 1. The number of hydrazine groups is 1. The summed E-state index contributed by atoms with van der Waals surface area (Å²) in [5.74, 6) is 0.721. The number of carbonyl (C=O) groups excluding carboxylic acids is 1. The Hall–Kier alpha value is -2.33. The first-order chi connectivity index (χ1) is 9.79. The van der Waals surface area contributed by atoms with Gasteiger partial charge in [0, 0.05) is 17.7 Å². The van der Waals surface area contributed by atoms with E-state index in [9.17, 15) is 4.79 Å². The molecule has 0 radical (unpaired) electrons. The van der Waals surface area contributed by atoms with Crippen LogP contribution < -0.4 is 15.6 Å². The Morgan fingerprint density at radius 3 is 2.85 bits per heavy atom. The zero-order valence-corrected chi connectivity index (χ0v) is 11.3. The quantitative estimate of drug-likeness (QED) is 0.839. The third-order valence-corrected chi connectivity index (χ3v) is 3.32. The lowest BCUT2D eigenvalue weighted by atomic mass is 10.0. The molecule has 1 aliphatic heterocycles. The Morgan fingerprint density at radius 2 is 2.10 bits per heavy atom. The summed E-state index contributed by atoms with van der Waals surface area (Å²) in [4.78, 5) is 11.7. The van der Waals surface area contributed by atoms with Crippen LogP contribution in [0.15, 0.2) is 42.0 Å². The van der Waals surface area contributed by atoms with Gasteiger partial charge in [0.15, 0.2) is 0 Å². The first-order valence-electron chi connectivity index (χ1n) is 6.68. The summed E-state index contributed by atoms with van der Waals surface area (Å²) in [6, 6.07) is 12.1. The van der Waals surface area contributed by atoms with Crippen LogP contribution in [-0.2, 0) is 4.79 Å². The van der Waals surface area contributed by atoms with Crippen molar-refractivity contribution in [3.8, 4) is 5.75 Å². The van der Waals surface area contributed by atoms with Crippen molar-refractivity contribution in [2.24, 2.45) is 0 Å². The van der Waals surface area contributed by atoms with Crippen LogP contribution in [0, 0.1) is 0 Å². The first kappa shape index (κ1) is 12.7. The number of nitrogens with one attached hydrogen (secondary N) is 2. The fourth-order valence-electron chi connectivity index (χ4n) is 2.38. The van der Waals surface area contributed by atoms with Gasteiger partial charge in [0.1, 0.15) is 5.75 Å². The van der Waals surface area contributed by atoms with E-state index < -0.39 is 0 Å². The van der Waals surface area contributed by atoms with E-state index in [0.717, 1.165) is 22.1 Å². The Morgan fingerprint density at radius 1 is 1.25 bits per heavy atom. The molecular formula is C16H16N2O2. The minimum absolute atomic E-state index is 0.0830. The summed E-state index contributed by atoms with van der Waals surface area (Å²) in [6.45, 7) is 3.07. The molecule has 0 atom stereocenters. The number of ether oxygens (including phenoxy) is 1. The number of benzene rings is 2. The van der Waals surface area contributed by atoms with Crippen molar-refractivity contribution in [1.82, 2.24) is 10.9 Å². The van der Waals surface area contributed by atoms with E-state index in [4.69, 9.17) is 4.74 Å². The molecule has 2 aromatic rings. The molecule has 0 unspecified atom stereocenters. The predicted octanol–water partition coefficient (Wildman–Crippen LogP) is 2.26. The number of hydrogen-bond acceptors (Lipinski definition) is 3. The van der Waals surface area contributed by atoms with Gasteiger partial charge in [-0.25, -0.2) is 5.43 Å². The molecule has 1 amide bonds. The normalized spacial score (nSPS) is 16.6. The van der Waals surface area contributed by atoms with E-state index in [1.807, 2.05) is 43.3 Å². The van der Waals surface area contributed by atoms with Gasteiger partial charge in [0.25, 0.3) is 5.91 Å². The maximum Gasteiger partial charge on any atom is 0.262 e. The average molecular weight is 268 g/mol. The zero-order valence-electron chi connectivity index (χ0n) is 11.3. The smallest absolute Gasteiger partial charge is 0.262 e. The van der Waals surface area contributed by atoms with Crippen molar-refractivity contribution in [3.63, 3.8) is 0 Å². The third-order valence-electron chi connectivity index (χ3n) is 3.32. The molecule has 0 aromatic heterocycles. The maximum absolute atomic E-state index is 11.7. The molecule has 0 bridgehead atoms. The summed E-state index contributed by atoms with van der Waals surface area (Å²) in [7, 11) is 0. The van der Waals surface area contributed by atoms with Crippen LogP contribution in [0.4, 0.5) is 0 Å². The Labute approximate surface area is 117 Å². The van der Waals surface area contributed by atoms with E-state index in [2.05, 4.69) is 16.9 Å². The van der Waals surface area contributed by atoms with Crippen LogP contribution >= 0.6 is 0 Å². The molecule has 3 rings (SSSR count). The SMILES string of the molecule is CCOc1ccc2ccccc2c1/C=C1\CNNC1=O. The van der Waals surface area contributed by atoms with Crippen molar-refractivity contribution in [2.75, 3.05) is 13.2 Å². The van der Waals surface area contributed by atoms with Gasteiger partial charge in [-0.2, -0.15) is 0 Å². The van der Waals surface area contributed by atoms with Crippen molar-refractivity contribution in [3.05, 3.63) is 47.5 Å². The van der Waals surface area contributed by atoms with Crippen LogP contribution in [-0.4, -0.2) is 19.1 Å². The lowest BCUT2D eigenvalue weighted by Gasteiger charge is -2.11. The van der Waals surface area contributed by atoms with Crippen molar-refractivity contribution in [1.29, 1.82) is 0 Å². The van der Waals surface area contributed by atoms with Crippen molar-refractivity contribution >= 4 is 22.8 Å². The molecule has 2 aromatic carbocycles. The Kier molecular flexibility index (Phi) is 3.39. The number of amides is 1. The van der Waals surface area contributed by atoms with Gasteiger partial charge in [-0.15, -0.1) is 0 Å². The summed E-state index contributed by atoms with van der Waals surface area (Å²) in [6.07, 6.45) is 1.91. The molecule has 1 heterocycles. The van der Waals surface area contributed by atoms with Gasteiger partial charge >= 0.3 is 0 Å². The molecule has 102 valence electrons. The molecule has 0 saturated carbocycles. The first-order valence-corrected chi connectivity index (χ1v) is 6.68. The second-order valence-electron chi connectivity index (χ2n) is 4.61. The summed E-state index contributed by atoms with van der Waals surface area (Å²) >= 11 is 0. The zero-order chi connectivity index (χ0) is 13.9. The Balaban J connectivity index is 2.19. The maximum atomic E-state index is 11.7. The fourth-order valence-corrected chi connectivity index (χ4v) is 2.38. The van der Waals surface area contributed by atoms with Gasteiger partial charge in [0.05, 0.1) is 6.61 Å².